The molecule has 1 aliphatic rings. The van der Waals surface area contributed by atoms with Crippen LogP contribution < -0.4 is 0 Å². The molecule has 102 valence electrons. The first-order valence-corrected chi connectivity index (χ1v) is 6.88. The Bertz CT molecular complexity index is 452. The number of hydrogen-bond donors (Lipinski definition) is 0. The molecule has 0 N–H and O–H groups in total. The molecule has 1 aromatic rings. The first-order chi connectivity index (χ1) is 9.15. The molecule has 1 aromatic carbocycles. The lowest BCUT2D eigenvalue weighted by molar-refractivity contribution is -0.146. The van der Waals surface area contributed by atoms with E-state index in [4.69, 9.17) is 4.74 Å². The topological polar surface area (TPSA) is 43.4 Å². The Balaban J connectivity index is 1.83. The molecule has 0 radical (unpaired) electrons. The normalized spacial score (nSPS) is 24.8. The van der Waals surface area contributed by atoms with Crippen molar-refractivity contribution in [2.45, 2.75) is 26.7 Å². The molecule has 19 heavy (non-hydrogen) atoms. The number of ketones is 1. The molecule has 0 unspecified atom stereocenters. The molecule has 2 rings (SSSR count). The van der Waals surface area contributed by atoms with Crippen molar-refractivity contribution < 1.29 is 14.3 Å². The van der Waals surface area contributed by atoms with Gasteiger partial charge in [0, 0.05) is 12.3 Å². The summed E-state index contributed by atoms with van der Waals surface area (Å²) in [6.45, 7) is 4.12. The van der Waals surface area contributed by atoms with E-state index in [2.05, 4.69) is 0 Å². The molecule has 0 spiro atoms. The SMILES string of the molecule is CCOC(=O)[C@@H]1[C@@H](C)[C@@H]1C(=O)CCc1ccccc1. The summed E-state index contributed by atoms with van der Waals surface area (Å²) in [6.07, 6.45) is 1.26. The molecule has 0 bridgehead atoms. The van der Waals surface area contributed by atoms with Crippen LogP contribution in [0.3, 0.4) is 0 Å². The highest BCUT2D eigenvalue weighted by molar-refractivity contribution is 5.92. The van der Waals surface area contributed by atoms with E-state index < -0.39 is 0 Å². The smallest absolute Gasteiger partial charge is 0.309 e. The van der Waals surface area contributed by atoms with Gasteiger partial charge in [-0.3, -0.25) is 9.59 Å². The highest BCUT2D eigenvalue weighted by atomic mass is 16.5. The molecule has 0 saturated heterocycles. The highest BCUT2D eigenvalue weighted by Crippen LogP contribution is 2.48. The van der Waals surface area contributed by atoms with E-state index in [1.54, 1.807) is 6.92 Å². The van der Waals surface area contributed by atoms with Gasteiger partial charge in [0.25, 0.3) is 0 Å². The molecule has 3 atom stereocenters. The molecular formula is C16H20O3. The Morgan fingerprint density at radius 3 is 2.47 bits per heavy atom. The average molecular weight is 260 g/mol. The first-order valence-electron chi connectivity index (χ1n) is 6.88. The molecule has 1 fully saturated rings. The Morgan fingerprint density at radius 2 is 1.84 bits per heavy atom. The van der Waals surface area contributed by atoms with E-state index in [1.165, 1.54) is 0 Å². The fourth-order valence-electron chi connectivity index (χ4n) is 2.63. The van der Waals surface area contributed by atoms with Crippen molar-refractivity contribution in [3.63, 3.8) is 0 Å². The van der Waals surface area contributed by atoms with Crippen LogP contribution in [0.2, 0.25) is 0 Å². The fraction of sp³-hybridized carbons (Fsp3) is 0.500. The summed E-state index contributed by atoms with van der Waals surface area (Å²) >= 11 is 0. The highest BCUT2D eigenvalue weighted by Gasteiger charge is 2.56. The van der Waals surface area contributed by atoms with Gasteiger partial charge in [-0.05, 0) is 24.8 Å². The van der Waals surface area contributed by atoms with Crippen LogP contribution in [0.4, 0.5) is 0 Å². The molecular weight excluding hydrogens is 240 g/mol. The van der Waals surface area contributed by atoms with Gasteiger partial charge in [0.15, 0.2) is 0 Å². The van der Waals surface area contributed by atoms with Gasteiger partial charge in [-0.1, -0.05) is 37.3 Å². The maximum absolute atomic E-state index is 12.1. The van der Waals surface area contributed by atoms with Crippen molar-refractivity contribution in [1.82, 2.24) is 0 Å². The molecule has 0 amide bonds. The summed E-state index contributed by atoms with van der Waals surface area (Å²) < 4.78 is 4.99. The lowest BCUT2D eigenvalue weighted by atomic mass is 10.0. The Morgan fingerprint density at radius 1 is 1.16 bits per heavy atom. The molecule has 0 heterocycles. The van der Waals surface area contributed by atoms with Crippen LogP contribution in [-0.2, 0) is 20.7 Å². The third-order valence-electron chi connectivity index (χ3n) is 3.81. The summed E-state index contributed by atoms with van der Waals surface area (Å²) in [7, 11) is 0. The van der Waals surface area contributed by atoms with Crippen molar-refractivity contribution in [2.24, 2.45) is 17.8 Å². The maximum Gasteiger partial charge on any atom is 0.309 e. The van der Waals surface area contributed by atoms with E-state index in [0.29, 0.717) is 13.0 Å². The van der Waals surface area contributed by atoms with Gasteiger partial charge < -0.3 is 4.74 Å². The second kappa shape index (κ2) is 6.00. The standard InChI is InChI=1S/C16H20O3/c1-3-19-16(18)15-11(2)14(15)13(17)10-9-12-7-5-4-6-8-12/h4-8,11,14-15H,3,9-10H2,1-2H3/t11-,14+,15+/m0/s1. The van der Waals surface area contributed by atoms with Crippen LogP contribution >= 0.6 is 0 Å². The number of hydrogen-bond acceptors (Lipinski definition) is 3. The molecule has 1 saturated carbocycles. The second-order valence-electron chi connectivity index (χ2n) is 5.11. The van der Waals surface area contributed by atoms with E-state index in [9.17, 15) is 9.59 Å². The molecule has 0 aliphatic heterocycles. The number of carbonyl (C=O) groups is 2. The van der Waals surface area contributed by atoms with Crippen LogP contribution in [0.15, 0.2) is 30.3 Å². The summed E-state index contributed by atoms with van der Waals surface area (Å²) in [5.41, 5.74) is 1.16. The van der Waals surface area contributed by atoms with Crippen LogP contribution in [0, 0.1) is 17.8 Å². The van der Waals surface area contributed by atoms with Crippen molar-refractivity contribution >= 4 is 11.8 Å². The second-order valence-corrected chi connectivity index (χ2v) is 5.11. The minimum Gasteiger partial charge on any atom is -0.466 e. The quantitative estimate of drug-likeness (QED) is 0.738. The van der Waals surface area contributed by atoms with Gasteiger partial charge in [-0.25, -0.2) is 0 Å². The Labute approximate surface area is 114 Å². The van der Waals surface area contributed by atoms with Crippen LogP contribution in [0.25, 0.3) is 0 Å². The summed E-state index contributed by atoms with van der Waals surface area (Å²) in [5.74, 6) is -0.212. The van der Waals surface area contributed by atoms with Gasteiger partial charge in [-0.15, -0.1) is 0 Å². The van der Waals surface area contributed by atoms with Gasteiger partial charge in [0.05, 0.1) is 12.5 Å². The third-order valence-corrected chi connectivity index (χ3v) is 3.81. The number of carbonyl (C=O) groups excluding carboxylic acids is 2. The van der Waals surface area contributed by atoms with Gasteiger partial charge in [0.1, 0.15) is 5.78 Å². The van der Waals surface area contributed by atoms with Gasteiger partial charge in [0.2, 0.25) is 0 Å². The van der Waals surface area contributed by atoms with E-state index in [1.807, 2.05) is 37.3 Å². The lowest BCUT2D eigenvalue weighted by Gasteiger charge is -2.01. The van der Waals surface area contributed by atoms with Crippen LogP contribution in [-0.4, -0.2) is 18.4 Å². The van der Waals surface area contributed by atoms with Crippen LogP contribution in [0.5, 0.6) is 0 Å². The number of rotatable bonds is 6. The zero-order valence-corrected chi connectivity index (χ0v) is 11.5. The molecule has 3 nitrogen and oxygen atoms in total. The number of benzene rings is 1. The third kappa shape index (κ3) is 3.22. The summed E-state index contributed by atoms with van der Waals surface area (Å²) in [4.78, 5) is 23.7. The van der Waals surface area contributed by atoms with Crippen molar-refractivity contribution in [3.05, 3.63) is 35.9 Å². The van der Waals surface area contributed by atoms with E-state index in [-0.39, 0.29) is 29.5 Å². The minimum absolute atomic E-state index is 0.122. The maximum atomic E-state index is 12.1. The molecule has 3 heteroatoms. The zero-order chi connectivity index (χ0) is 13.8. The largest absolute Gasteiger partial charge is 0.466 e. The Kier molecular flexibility index (Phi) is 4.35. The molecule has 1 aliphatic carbocycles. The fourth-order valence-corrected chi connectivity index (χ4v) is 2.63. The van der Waals surface area contributed by atoms with Gasteiger partial charge in [-0.2, -0.15) is 0 Å². The number of aryl methyl sites for hydroxylation is 1. The monoisotopic (exact) mass is 260 g/mol. The summed E-state index contributed by atoms with van der Waals surface area (Å²) in [5, 5.41) is 0. The first kappa shape index (κ1) is 13.8. The van der Waals surface area contributed by atoms with Crippen molar-refractivity contribution in [2.75, 3.05) is 6.61 Å². The predicted molar refractivity (Wildman–Crippen MR) is 72.5 cm³/mol. The summed E-state index contributed by atoms with van der Waals surface area (Å²) in [6, 6.07) is 9.95. The lowest BCUT2D eigenvalue weighted by Crippen LogP contribution is -2.12. The van der Waals surface area contributed by atoms with Crippen LogP contribution in [0.1, 0.15) is 25.8 Å². The molecule has 0 aromatic heterocycles. The zero-order valence-electron chi connectivity index (χ0n) is 11.5. The van der Waals surface area contributed by atoms with E-state index >= 15 is 0 Å². The number of ether oxygens (including phenoxy) is 1. The van der Waals surface area contributed by atoms with E-state index in [0.717, 1.165) is 12.0 Å². The number of esters is 1. The predicted octanol–water partition coefficient (Wildman–Crippen LogP) is 2.63. The number of Topliss-reactive ketones (excluding diaryl/α,β-unsaturated/α-hetero) is 1. The van der Waals surface area contributed by atoms with Gasteiger partial charge >= 0.3 is 5.97 Å². The van der Waals surface area contributed by atoms with Crippen molar-refractivity contribution in [3.8, 4) is 0 Å². The van der Waals surface area contributed by atoms with Crippen molar-refractivity contribution in [1.29, 1.82) is 0 Å². The Hall–Kier alpha value is -1.64. The minimum atomic E-state index is -0.215. The average Bonchev–Trinajstić information content (AvgIpc) is 3.09.